The summed E-state index contributed by atoms with van der Waals surface area (Å²) in [7, 11) is 0. The number of hydrogen-bond acceptors (Lipinski definition) is 5. The second-order valence-corrected chi connectivity index (χ2v) is 9.42. The summed E-state index contributed by atoms with van der Waals surface area (Å²) in [6, 6.07) is 19.5. The summed E-state index contributed by atoms with van der Waals surface area (Å²) in [4.78, 5) is 19.3. The molecular weight excluding hydrogens is 428 g/mol. The highest BCUT2D eigenvalue weighted by Crippen LogP contribution is 2.35. The zero-order valence-electron chi connectivity index (χ0n) is 19.6. The summed E-state index contributed by atoms with van der Waals surface area (Å²) < 4.78 is 13.5. The van der Waals surface area contributed by atoms with Gasteiger partial charge in [-0.3, -0.25) is 9.88 Å². The quantitative estimate of drug-likeness (QED) is 0.354. The fourth-order valence-corrected chi connectivity index (χ4v) is 4.28. The van der Waals surface area contributed by atoms with Crippen molar-refractivity contribution in [3.8, 4) is 22.8 Å². The summed E-state index contributed by atoms with van der Waals surface area (Å²) in [5.74, 6) is 1.54. The van der Waals surface area contributed by atoms with E-state index in [2.05, 4.69) is 10.1 Å². The van der Waals surface area contributed by atoms with Gasteiger partial charge in [-0.25, -0.2) is 9.48 Å². The molecular formula is C27H28N4O3. The number of hydrogen-bond donors (Lipinski definition) is 0. The predicted octanol–water partition coefficient (Wildman–Crippen LogP) is 6.42. The maximum absolute atomic E-state index is 12.9. The zero-order valence-corrected chi connectivity index (χ0v) is 19.6. The molecule has 34 heavy (non-hydrogen) atoms. The number of carbonyl (C=O) groups is 1. The van der Waals surface area contributed by atoms with E-state index >= 15 is 0 Å². The van der Waals surface area contributed by atoms with E-state index in [1.807, 2.05) is 92.3 Å². The van der Waals surface area contributed by atoms with Gasteiger partial charge in [0.25, 0.3) is 0 Å². The molecule has 4 aromatic rings. The van der Waals surface area contributed by atoms with E-state index in [-0.39, 0.29) is 12.3 Å². The highest BCUT2D eigenvalue weighted by atomic mass is 16.6. The molecule has 174 valence electrons. The third-order valence-electron chi connectivity index (χ3n) is 5.74. The van der Waals surface area contributed by atoms with Gasteiger partial charge in [0.2, 0.25) is 0 Å². The maximum atomic E-state index is 12.9. The van der Waals surface area contributed by atoms with Crippen LogP contribution in [0.15, 0.2) is 73.1 Å². The molecule has 1 aliphatic rings. The first-order valence-corrected chi connectivity index (χ1v) is 11.5. The van der Waals surface area contributed by atoms with E-state index < -0.39 is 5.60 Å². The molecule has 3 heterocycles. The van der Waals surface area contributed by atoms with Gasteiger partial charge in [-0.05, 0) is 76.1 Å². The predicted molar refractivity (Wildman–Crippen MR) is 131 cm³/mol. The summed E-state index contributed by atoms with van der Waals surface area (Å²) in [6.45, 7) is 6.29. The van der Waals surface area contributed by atoms with Gasteiger partial charge in [0.1, 0.15) is 23.3 Å². The lowest BCUT2D eigenvalue weighted by Gasteiger charge is -2.29. The highest BCUT2D eigenvalue weighted by Gasteiger charge is 2.35. The van der Waals surface area contributed by atoms with Crippen molar-refractivity contribution in [1.82, 2.24) is 19.7 Å². The lowest BCUT2D eigenvalue weighted by molar-refractivity contribution is 0.0154. The molecule has 1 unspecified atom stereocenters. The number of nitrogens with zero attached hydrogens (tertiary/aromatic N) is 4. The van der Waals surface area contributed by atoms with Crippen LogP contribution in [0.25, 0.3) is 22.2 Å². The standard InChI is InChI=1S/C27H28N4O3/c1-27(2,3)34-26(32)30-17-7-10-23(30)31-25-20(18-29-31)15-16-28-24(25)19-11-13-22(14-12-19)33-21-8-5-4-6-9-21/h4-6,8-9,11-16,18,23H,7,10,17H2,1-3H3. The largest absolute Gasteiger partial charge is 0.457 e. The zero-order chi connectivity index (χ0) is 23.7. The van der Waals surface area contributed by atoms with Crippen LogP contribution < -0.4 is 4.74 Å². The van der Waals surface area contributed by atoms with Crippen molar-refractivity contribution >= 4 is 17.0 Å². The molecule has 7 nitrogen and oxygen atoms in total. The molecule has 2 aromatic heterocycles. The van der Waals surface area contributed by atoms with E-state index in [9.17, 15) is 4.79 Å². The minimum Gasteiger partial charge on any atom is -0.457 e. The summed E-state index contributed by atoms with van der Waals surface area (Å²) in [5.41, 5.74) is 2.12. The van der Waals surface area contributed by atoms with Crippen LogP contribution in [-0.4, -0.2) is 37.9 Å². The molecule has 0 N–H and O–H groups in total. The van der Waals surface area contributed by atoms with Crippen LogP contribution >= 0.6 is 0 Å². The summed E-state index contributed by atoms with van der Waals surface area (Å²) in [6.07, 6.45) is 4.81. The lowest BCUT2D eigenvalue weighted by Crippen LogP contribution is -2.38. The van der Waals surface area contributed by atoms with Crippen molar-refractivity contribution in [3.63, 3.8) is 0 Å². The third-order valence-corrected chi connectivity index (χ3v) is 5.74. The minimum atomic E-state index is -0.549. The van der Waals surface area contributed by atoms with Gasteiger partial charge in [0.05, 0.1) is 17.4 Å². The second-order valence-electron chi connectivity index (χ2n) is 9.42. The number of likely N-dealkylation sites (tertiary alicyclic amines) is 1. The molecule has 0 saturated carbocycles. The Morgan fingerprint density at radius 1 is 1.00 bits per heavy atom. The maximum Gasteiger partial charge on any atom is 0.411 e. The fraction of sp³-hybridized carbons (Fsp3) is 0.296. The van der Waals surface area contributed by atoms with Gasteiger partial charge >= 0.3 is 6.09 Å². The Labute approximate surface area is 198 Å². The molecule has 0 aliphatic carbocycles. The van der Waals surface area contributed by atoms with Crippen molar-refractivity contribution in [3.05, 3.63) is 73.1 Å². The third kappa shape index (κ3) is 4.46. The van der Waals surface area contributed by atoms with Crippen molar-refractivity contribution in [1.29, 1.82) is 0 Å². The normalized spacial score (nSPS) is 16.1. The average molecular weight is 457 g/mol. The molecule has 1 atom stereocenters. The Morgan fingerprint density at radius 2 is 1.74 bits per heavy atom. The Balaban J connectivity index is 1.47. The number of pyridine rings is 1. The van der Waals surface area contributed by atoms with Crippen molar-refractivity contribution in [2.24, 2.45) is 0 Å². The summed E-state index contributed by atoms with van der Waals surface area (Å²) >= 11 is 0. The van der Waals surface area contributed by atoms with Gasteiger partial charge < -0.3 is 9.47 Å². The van der Waals surface area contributed by atoms with Crippen molar-refractivity contribution in [2.45, 2.75) is 45.4 Å². The van der Waals surface area contributed by atoms with Gasteiger partial charge in [0.15, 0.2) is 0 Å². The summed E-state index contributed by atoms with van der Waals surface area (Å²) in [5, 5.41) is 5.65. The van der Waals surface area contributed by atoms with Gasteiger partial charge in [-0.1, -0.05) is 18.2 Å². The Bertz CT molecular complexity index is 1290. The number of amides is 1. The molecule has 7 heteroatoms. The van der Waals surface area contributed by atoms with Crippen molar-refractivity contribution in [2.75, 3.05) is 6.54 Å². The number of benzene rings is 2. The van der Waals surface area contributed by atoms with E-state index in [0.29, 0.717) is 6.54 Å². The molecule has 2 aromatic carbocycles. The number of para-hydroxylation sites is 1. The Kier molecular flexibility index (Phi) is 5.69. The van der Waals surface area contributed by atoms with E-state index in [1.54, 1.807) is 11.1 Å². The number of fused-ring (bicyclic) bond motifs is 1. The Hall–Kier alpha value is -3.87. The van der Waals surface area contributed by atoms with E-state index in [4.69, 9.17) is 9.47 Å². The van der Waals surface area contributed by atoms with Gasteiger partial charge in [-0.15, -0.1) is 0 Å². The number of rotatable bonds is 4. The fourth-order valence-electron chi connectivity index (χ4n) is 4.28. The molecule has 1 saturated heterocycles. The average Bonchev–Trinajstić information content (AvgIpc) is 3.46. The molecule has 0 bridgehead atoms. The number of carbonyl (C=O) groups excluding carboxylic acids is 1. The van der Waals surface area contributed by atoms with Crippen LogP contribution in [0.5, 0.6) is 11.5 Å². The topological polar surface area (TPSA) is 69.5 Å². The first-order chi connectivity index (χ1) is 16.4. The van der Waals surface area contributed by atoms with Gasteiger partial charge in [-0.2, -0.15) is 5.10 Å². The smallest absolute Gasteiger partial charge is 0.411 e. The lowest BCUT2D eigenvalue weighted by atomic mass is 10.1. The van der Waals surface area contributed by atoms with Crippen molar-refractivity contribution < 1.29 is 14.3 Å². The molecule has 0 spiro atoms. The van der Waals surface area contributed by atoms with Crippen LogP contribution in [-0.2, 0) is 4.74 Å². The first kappa shape index (κ1) is 21.9. The minimum absolute atomic E-state index is 0.212. The second kappa shape index (κ2) is 8.82. The van der Waals surface area contributed by atoms with Crippen LogP contribution in [0.1, 0.15) is 39.8 Å². The first-order valence-electron chi connectivity index (χ1n) is 11.5. The Morgan fingerprint density at radius 3 is 2.47 bits per heavy atom. The van der Waals surface area contributed by atoms with E-state index in [1.165, 1.54) is 0 Å². The van der Waals surface area contributed by atoms with Crippen LogP contribution in [0.4, 0.5) is 4.79 Å². The van der Waals surface area contributed by atoms with Crippen LogP contribution in [0, 0.1) is 0 Å². The van der Waals surface area contributed by atoms with Crippen LogP contribution in [0.3, 0.4) is 0 Å². The van der Waals surface area contributed by atoms with Gasteiger partial charge in [0, 0.05) is 23.7 Å². The molecule has 5 rings (SSSR count). The molecule has 1 amide bonds. The molecule has 1 aliphatic heterocycles. The van der Waals surface area contributed by atoms with E-state index in [0.717, 1.165) is 46.5 Å². The SMILES string of the molecule is CC(C)(C)OC(=O)N1CCCC1n1ncc2ccnc(-c3ccc(Oc4ccccc4)cc3)c21. The highest BCUT2D eigenvalue weighted by molar-refractivity contribution is 5.91. The molecule has 1 fully saturated rings. The molecule has 0 radical (unpaired) electrons. The monoisotopic (exact) mass is 456 g/mol. The number of aromatic nitrogens is 3. The van der Waals surface area contributed by atoms with Crippen LogP contribution in [0.2, 0.25) is 0 Å². The number of ether oxygens (including phenoxy) is 2.